The number of ether oxygens (including phenoxy) is 2. The molecule has 1 rings (SSSR count). The second-order valence-electron chi connectivity index (χ2n) is 4.55. The van der Waals surface area contributed by atoms with Crippen molar-refractivity contribution in [3.05, 3.63) is 15.8 Å². The second kappa shape index (κ2) is 8.82. The molecule has 122 valence electrons. The Kier molecular flexibility index (Phi) is 7.78. The average Bonchev–Trinajstić information content (AvgIpc) is 2.80. The van der Waals surface area contributed by atoms with Crippen LogP contribution < -0.4 is 5.32 Å². The molecule has 0 bridgehead atoms. The number of hydrogen-bond acceptors (Lipinski definition) is 6. The highest BCUT2D eigenvalue weighted by atomic mass is 32.2. The van der Waals surface area contributed by atoms with E-state index < -0.39 is 10.0 Å². The van der Waals surface area contributed by atoms with Crippen molar-refractivity contribution in [3.8, 4) is 0 Å². The van der Waals surface area contributed by atoms with Gasteiger partial charge in [-0.15, -0.1) is 11.3 Å². The van der Waals surface area contributed by atoms with E-state index in [1.54, 1.807) is 20.3 Å². The van der Waals surface area contributed by atoms with Crippen molar-refractivity contribution in [3.63, 3.8) is 0 Å². The van der Waals surface area contributed by atoms with Gasteiger partial charge in [0.05, 0.1) is 18.1 Å². The van der Waals surface area contributed by atoms with Crippen LogP contribution in [0.25, 0.3) is 0 Å². The summed E-state index contributed by atoms with van der Waals surface area (Å²) >= 11 is 1.50. The maximum Gasteiger partial charge on any atom is 0.244 e. The molecule has 0 spiro atoms. The van der Waals surface area contributed by atoms with Crippen molar-refractivity contribution >= 4 is 21.4 Å². The molecule has 0 aliphatic carbocycles. The van der Waals surface area contributed by atoms with E-state index in [-0.39, 0.29) is 0 Å². The number of aryl methyl sites for hydroxylation is 1. The second-order valence-corrected chi connectivity index (χ2v) is 7.80. The van der Waals surface area contributed by atoms with E-state index in [2.05, 4.69) is 5.32 Å². The molecule has 0 amide bonds. The molecule has 0 aliphatic rings. The van der Waals surface area contributed by atoms with Crippen LogP contribution >= 0.6 is 11.3 Å². The van der Waals surface area contributed by atoms with Crippen molar-refractivity contribution in [1.29, 1.82) is 0 Å². The van der Waals surface area contributed by atoms with Crippen LogP contribution in [0.1, 0.15) is 9.75 Å². The standard InChI is InChI=1S/C13H24N2O4S2/c1-11-13(9-12(20-11)10-14-2)21(16,17)15(5-7-18-3)6-8-19-4/h9,14H,5-8,10H2,1-4H3. The number of sulfonamides is 1. The topological polar surface area (TPSA) is 67.9 Å². The van der Waals surface area contributed by atoms with Crippen LogP contribution in [-0.4, -0.2) is 60.3 Å². The highest BCUT2D eigenvalue weighted by molar-refractivity contribution is 7.89. The molecule has 21 heavy (non-hydrogen) atoms. The maximum absolute atomic E-state index is 12.8. The fourth-order valence-corrected chi connectivity index (χ4v) is 4.94. The summed E-state index contributed by atoms with van der Waals surface area (Å²) < 4.78 is 37.0. The lowest BCUT2D eigenvalue weighted by Crippen LogP contribution is -2.36. The molecule has 1 N–H and O–H groups in total. The van der Waals surface area contributed by atoms with Gasteiger partial charge in [-0.1, -0.05) is 0 Å². The molecule has 0 radical (unpaired) electrons. The van der Waals surface area contributed by atoms with E-state index >= 15 is 0 Å². The number of nitrogens with one attached hydrogen (secondary N) is 1. The van der Waals surface area contributed by atoms with E-state index in [4.69, 9.17) is 9.47 Å². The fraction of sp³-hybridized carbons (Fsp3) is 0.692. The first kappa shape index (κ1) is 18.5. The predicted octanol–water partition coefficient (Wildman–Crippen LogP) is 1.06. The molecule has 1 heterocycles. The third kappa shape index (κ3) is 5.01. The molecule has 8 heteroatoms. The summed E-state index contributed by atoms with van der Waals surface area (Å²) in [7, 11) is 1.44. The summed E-state index contributed by atoms with van der Waals surface area (Å²) in [6, 6.07) is 1.75. The molecule has 0 atom stereocenters. The van der Waals surface area contributed by atoms with Crippen LogP contribution in [0.3, 0.4) is 0 Å². The monoisotopic (exact) mass is 336 g/mol. The maximum atomic E-state index is 12.8. The fourth-order valence-electron chi connectivity index (χ4n) is 1.92. The first-order valence-corrected chi connectivity index (χ1v) is 8.95. The minimum Gasteiger partial charge on any atom is -0.383 e. The molecular weight excluding hydrogens is 312 g/mol. The van der Waals surface area contributed by atoms with Crippen molar-refractivity contribution in [2.75, 3.05) is 47.6 Å². The van der Waals surface area contributed by atoms with E-state index in [0.717, 1.165) is 9.75 Å². The van der Waals surface area contributed by atoms with Crippen molar-refractivity contribution in [2.45, 2.75) is 18.4 Å². The van der Waals surface area contributed by atoms with E-state index in [1.165, 1.54) is 15.6 Å². The number of hydrogen-bond donors (Lipinski definition) is 1. The summed E-state index contributed by atoms with van der Waals surface area (Å²) in [5.41, 5.74) is 0. The molecule has 1 aromatic heterocycles. The van der Waals surface area contributed by atoms with Gasteiger partial charge in [0.2, 0.25) is 10.0 Å². The van der Waals surface area contributed by atoms with Gasteiger partial charge in [-0.3, -0.25) is 0 Å². The van der Waals surface area contributed by atoms with Gasteiger partial charge in [0.25, 0.3) is 0 Å². The van der Waals surface area contributed by atoms with Crippen molar-refractivity contribution < 1.29 is 17.9 Å². The first-order valence-electron chi connectivity index (χ1n) is 6.69. The zero-order valence-electron chi connectivity index (χ0n) is 13.0. The molecule has 0 unspecified atom stereocenters. The first-order chi connectivity index (χ1) is 9.97. The lowest BCUT2D eigenvalue weighted by Gasteiger charge is -2.21. The van der Waals surface area contributed by atoms with Gasteiger partial charge in [-0.25, -0.2) is 8.42 Å². The third-order valence-electron chi connectivity index (χ3n) is 2.98. The Morgan fingerprint density at radius 1 is 1.24 bits per heavy atom. The summed E-state index contributed by atoms with van der Waals surface area (Å²) in [5, 5.41) is 3.04. The molecular formula is C13H24N2O4S2. The SMILES string of the molecule is CNCc1cc(S(=O)(=O)N(CCOC)CCOC)c(C)s1. The van der Waals surface area contributed by atoms with Crippen molar-refractivity contribution in [1.82, 2.24) is 9.62 Å². The minimum atomic E-state index is -3.52. The Morgan fingerprint density at radius 3 is 2.29 bits per heavy atom. The van der Waals surface area contributed by atoms with Crippen LogP contribution in [-0.2, 0) is 26.0 Å². The number of methoxy groups -OCH3 is 2. The molecule has 0 aromatic carbocycles. The quantitative estimate of drug-likeness (QED) is 0.692. The number of thiophene rings is 1. The van der Waals surface area contributed by atoms with Crippen LogP contribution in [0.4, 0.5) is 0 Å². The van der Waals surface area contributed by atoms with E-state index in [1.807, 2.05) is 14.0 Å². The Bertz CT molecular complexity index is 520. The number of nitrogens with zero attached hydrogens (tertiary/aromatic N) is 1. The normalized spacial score (nSPS) is 12.2. The summed E-state index contributed by atoms with van der Waals surface area (Å²) in [6.07, 6.45) is 0. The summed E-state index contributed by atoms with van der Waals surface area (Å²) in [4.78, 5) is 2.19. The Balaban J connectivity index is 3.03. The van der Waals surface area contributed by atoms with Gasteiger partial charge >= 0.3 is 0 Å². The Morgan fingerprint density at radius 2 is 1.81 bits per heavy atom. The van der Waals surface area contributed by atoms with Gasteiger partial charge in [0.1, 0.15) is 0 Å². The highest BCUT2D eigenvalue weighted by Crippen LogP contribution is 2.28. The van der Waals surface area contributed by atoms with Gasteiger partial charge in [0, 0.05) is 43.6 Å². The van der Waals surface area contributed by atoms with Gasteiger partial charge in [-0.2, -0.15) is 4.31 Å². The Hall–Kier alpha value is -0.510. The minimum absolute atomic E-state index is 0.318. The largest absolute Gasteiger partial charge is 0.383 e. The number of rotatable bonds is 10. The Labute approximate surface area is 131 Å². The molecule has 0 fully saturated rings. The average molecular weight is 336 g/mol. The zero-order chi connectivity index (χ0) is 15.9. The molecule has 6 nitrogen and oxygen atoms in total. The van der Waals surface area contributed by atoms with Crippen LogP contribution in [0, 0.1) is 6.92 Å². The van der Waals surface area contributed by atoms with Gasteiger partial charge in [-0.05, 0) is 20.0 Å². The van der Waals surface area contributed by atoms with Gasteiger partial charge < -0.3 is 14.8 Å². The summed E-state index contributed by atoms with van der Waals surface area (Å²) in [5.74, 6) is 0. The van der Waals surface area contributed by atoms with Crippen LogP contribution in [0.5, 0.6) is 0 Å². The van der Waals surface area contributed by atoms with E-state index in [9.17, 15) is 8.42 Å². The van der Waals surface area contributed by atoms with Crippen molar-refractivity contribution in [2.24, 2.45) is 0 Å². The van der Waals surface area contributed by atoms with Crippen LogP contribution in [0.15, 0.2) is 11.0 Å². The predicted molar refractivity (Wildman–Crippen MR) is 84.3 cm³/mol. The lowest BCUT2D eigenvalue weighted by atomic mass is 10.4. The third-order valence-corrected chi connectivity index (χ3v) is 6.19. The van der Waals surface area contributed by atoms with Crippen LogP contribution in [0.2, 0.25) is 0 Å². The highest BCUT2D eigenvalue weighted by Gasteiger charge is 2.27. The smallest absolute Gasteiger partial charge is 0.244 e. The molecule has 0 saturated carbocycles. The van der Waals surface area contributed by atoms with Gasteiger partial charge in [0.15, 0.2) is 0 Å². The molecule has 0 saturated heterocycles. The lowest BCUT2D eigenvalue weighted by molar-refractivity contribution is 0.150. The summed E-state index contributed by atoms with van der Waals surface area (Å²) in [6.45, 7) is 3.85. The zero-order valence-corrected chi connectivity index (χ0v) is 14.6. The molecule has 0 aliphatic heterocycles. The molecule has 1 aromatic rings. The van der Waals surface area contributed by atoms with E-state index in [0.29, 0.717) is 37.7 Å².